The second-order valence-electron chi connectivity index (χ2n) is 6.93. The van der Waals surface area contributed by atoms with Gasteiger partial charge in [0.25, 0.3) is 15.9 Å². The van der Waals surface area contributed by atoms with E-state index in [4.69, 9.17) is 4.74 Å². The van der Waals surface area contributed by atoms with E-state index in [0.717, 1.165) is 11.1 Å². The van der Waals surface area contributed by atoms with Gasteiger partial charge < -0.3 is 10.1 Å². The highest BCUT2D eigenvalue weighted by molar-refractivity contribution is 7.92. The van der Waals surface area contributed by atoms with E-state index in [2.05, 4.69) is 10.0 Å². The molecule has 156 valence electrons. The number of nitrogens with one attached hydrogen (secondary N) is 2. The smallest absolute Gasteiger partial charge is 0.261 e. The minimum absolute atomic E-state index is 0.110. The molecule has 0 aliphatic heterocycles. The molecule has 0 aromatic heterocycles. The molecule has 30 heavy (non-hydrogen) atoms. The topological polar surface area (TPSA) is 84.5 Å². The number of hydrogen-bond donors (Lipinski definition) is 2. The third kappa shape index (κ3) is 5.84. The van der Waals surface area contributed by atoms with Gasteiger partial charge in [-0.1, -0.05) is 42.5 Å². The minimum atomic E-state index is -3.71. The molecule has 0 spiro atoms. The summed E-state index contributed by atoms with van der Waals surface area (Å²) >= 11 is 0. The van der Waals surface area contributed by atoms with Crippen LogP contribution in [0.4, 0.5) is 5.69 Å². The first-order chi connectivity index (χ1) is 14.3. The van der Waals surface area contributed by atoms with Crippen LogP contribution in [0.15, 0.2) is 83.8 Å². The Hall–Kier alpha value is -3.32. The van der Waals surface area contributed by atoms with E-state index in [1.165, 1.54) is 24.3 Å². The lowest BCUT2D eigenvalue weighted by Gasteiger charge is -2.15. The molecule has 1 atom stereocenters. The van der Waals surface area contributed by atoms with Crippen molar-refractivity contribution in [2.75, 3.05) is 11.3 Å². The Bertz CT molecular complexity index is 1100. The number of hydrogen-bond acceptors (Lipinski definition) is 4. The molecule has 0 saturated carbocycles. The Labute approximate surface area is 177 Å². The van der Waals surface area contributed by atoms with Gasteiger partial charge in [-0.15, -0.1) is 0 Å². The number of amides is 1. The van der Waals surface area contributed by atoms with E-state index in [-0.39, 0.29) is 23.5 Å². The summed E-state index contributed by atoms with van der Waals surface area (Å²) in [6.07, 6.45) is 0. The third-order valence-corrected chi connectivity index (χ3v) is 5.85. The summed E-state index contributed by atoms with van der Waals surface area (Å²) in [5.41, 5.74) is 2.46. The van der Waals surface area contributed by atoms with E-state index in [0.29, 0.717) is 11.4 Å². The van der Waals surface area contributed by atoms with Crippen molar-refractivity contribution in [3.63, 3.8) is 0 Å². The summed E-state index contributed by atoms with van der Waals surface area (Å²) in [6, 6.07) is 22.5. The zero-order chi connectivity index (χ0) is 21.6. The molecular weight excluding hydrogens is 400 g/mol. The maximum atomic E-state index is 12.5. The molecule has 7 heteroatoms. The van der Waals surface area contributed by atoms with Gasteiger partial charge in [-0.2, -0.15) is 0 Å². The van der Waals surface area contributed by atoms with Gasteiger partial charge in [0.2, 0.25) is 0 Å². The van der Waals surface area contributed by atoms with E-state index in [9.17, 15) is 13.2 Å². The summed E-state index contributed by atoms with van der Waals surface area (Å²) in [6.45, 7) is 3.62. The van der Waals surface area contributed by atoms with E-state index < -0.39 is 10.0 Å². The first kappa shape index (κ1) is 21.4. The fraction of sp³-hybridized carbons (Fsp3) is 0.174. The standard InChI is InChI=1S/C23H24N2O4S/c1-17-7-6-10-20(15-17)25-30(27,28)22-13-11-21(12-14-22)29-16-23(26)24-18(2)19-8-4-3-5-9-19/h3-15,18,25H,16H2,1-2H3,(H,24,26)/t18-/m0/s1. The van der Waals surface area contributed by atoms with Gasteiger partial charge in [-0.3, -0.25) is 9.52 Å². The van der Waals surface area contributed by atoms with Crippen molar-refractivity contribution in [2.45, 2.75) is 24.8 Å². The Balaban J connectivity index is 1.55. The molecule has 0 bridgehead atoms. The first-order valence-corrected chi connectivity index (χ1v) is 11.0. The number of benzene rings is 3. The molecular formula is C23H24N2O4S. The summed E-state index contributed by atoms with van der Waals surface area (Å²) in [5, 5.41) is 2.86. The zero-order valence-electron chi connectivity index (χ0n) is 16.8. The Morgan fingerprint density at radius 3 is 2.33 bits per heavy atom. The molecule has 2 N–H and O–H groups in total. The van der Waals surface area contributed by atoms with Gasteiger partial charge in [0.15, 0.2) is 6.61 Å². The SMILES string of the molecule is Cc1cccc(NS(=O)(=O)c2ccc(OCC(=O)N[C@@H](C)c3ccccc3)cc2)c1. The van der Waals surface area contributed by atoms with Crippen LogP contribution in [0.3, 0.4) is 0 Å². The number of rotatable bonds is 8. The van der Waals surface area contributed by atoms with Crippen LogP contribution in [0.1, 0.15) is 24.1 Å². The van der Waals surface area contributed by atoms with Gasteiger partial charge in [0.05, 0.1) is 10.9 Å². The maximum absolute atomic E-state index is 12.5. The Morgan fingerprint density at radius 2 is 1.67 bits per heavy atom. The average Bonchev–Trinajstić information content (AvgIpc) is 2.73. The fourth-order valence-electron chi connectivity index (χ4n) is 2.89. The van der Waals surface area contributed by atoms with Gasteiger partial charge in [-0.05, 0) is 61.4 Å². The third-order valence-electron chi connectivity index (χ3n) is 4.45. The molecule has 0 aliphatic carbocycles. The minimum Gasteiger partial charge on any atom is -0.484 e. The van der Waals surface area contributed by atoms with Crippen LogP contribution in [-0.2, 0) is 14.8 Å². The monoisotopic (exact) mass is 424 g/mol. The Kier molecular flexibility index (Phi) is 6.74. The number of aryl methyl sites for hydroxylation is 1. The second kappa shape index (κ2) is 9.45. The summed E-state index contributed by atoms with van der Waals surface area (Å²) in [4.78, 5) is 12.2. The highest BCUT2D eigenvalue weighted by Crippen LogP contribution is 2.20. The molecule has 0 unspecified atom stereocenters. The molecule has 6 nitrogen and oxygen atoms in total. The molecule has 3 aromatic carbocycles. The van der Waals surface area contributed by atoms with Gasteiger partial charge >= 0.3 is 0 Å². The van der Waals surface area contributed by atoms with Crippen LogP contribution in [0.5, 0.6) is 5.75 Å². The van der Waals surface area contributed by atoms with Crippen LogP contribution in [0, 0.1) is 6.92 Å². The molecule has 3 rings (SSSR count). The predicted molar refractivity (Wildman–Crippen MR) is 117 cm³/mol. The average molecular weight is 425 g/mol. The van der Waals surface area contributed by atoms with Crippen LogP contribution in [0.25, 0.3) is 0 Å². The normalized spacial score (nSPS) is 12.1. The van der Waals surface area contributed by atoms with Gasteiger partial charge in [0, 0.05) is 5.69 Å². The van der Waals surface area contributed by atoms with Crippen molar-refractivity contribution in [2.24, 2.45) is 0 Å². The van der Waals surface area contributed by atoms with Crippen molar-refractivity contribution in [1.82, 2.24) is 5.32 Å². The predicted octanol–water partition coefficient (Wildman–Crippen LogP) is 4.05. The van der Waals surface area contributed by atoms with Crippen molar-refractivity contribution in [3.8, 4) is 5.75 Å². The van der Waals surface area contributed by atoms with E-state index in [1.54, 1.807) is 18.2 Å². The van der Waals surface area contributed by atoms with Crippen LogP contribution < -0.4 is 14.8 Å². The summed E-state index contributed by atoms with van der Waals surface area (Å²) in [5.74, 6) is 0.149. The lowest BCUT2D eigenvalue weighted by molar-refractivity contribution is -0.123. The van der Waals surface area contributed by atoms with E-state index in [1.807, 2.05) is 50.2 Å². The molecule has 0 radical (unpaired) electrons. The highest BCUT2D eigenvalue weighted by Gasteiger charge is 2.15. The number of ether oxygens (including phenoxy) is 1. The highest BCUT2D eigenvalue weighted by atomic mass is 32.2. The molecule has 0 aliphatic rings. The van der Waals surface area contributed by atoms with Gasteiger partial charge in [-0.25, -0.2) is 8.42 Å². The maximum Gasteiger partial charge on any atom is 0.261 e. The Morgan fingerprint density at radius 1 is 0.967 bits per heavy atom. The molecule has 0 heterocycles. The van der Waals surface area contributed by atoms with Crippen molar-refractivity contribution >= 4 is 21.6 Å². The van der Waals surface area contributed by atoms with Crippen molar-refractivity contribution in [1.29, 1.82) is 0 Å². The van der Waals surface area contributed by atoms with Crippen molar-refractivity contribution < 1.29 is 17.9 Å². The number of sulfonamides is 1. The molecule has 0 fully saturated rings. The van der Waals surface area contributed by atoms with E-state index >= 15 is 0 Å². The quantitative estimate of drug-likeness (QED) is 0.571. The number of anilines is 1. The zero-order valence-corrected chi connectivity index (χ0v) is 17.6. The van der Waals surface area contributed by atoms with Crippen LogP contribution in [0.2, 0.25) is 0 Å². The fourth-order valence-corrected chi connectivity index (χ4v) is 3.94. The lowest BCUT2D eigenvalue weighted by atomic mass is 10.1. The van der Waals surface area contributed by atoms with Crippen LogP contribution in [-0.4, -0.2) is 20.9 Å². The molecule has 3 aromatic rings. The largest absolute Gasteiger partial charge is 0.484 e. The molecule has 0 saturated heterocycles. The second-order valence-corrected chi connectivity index (χ2v) is 8.62. The lowest BCUT2D eigenvalue weighted by Crippen LogP contribution is -2.31. The van der Waals surface area contributed by atoms with Gasteiger partial charge in [0.1, 0.15) is 5.75 Å². The van der Waals surface area contributed by atoms with Crippen molar-refractivity contribution in [3.05, 3.63) is 90.0 Å². The number of carbonyl (C=O) groups excluding carboxylic acids is 1. The summed E-state index contributed by atoms with van der Waals surface area (Å²) < 4.78 is 33.1. The first-order valence-electron chi connectivity index (χ1n) is 9.50. The van der Waals surface area contributed by atoms with Crippen LogP contribution >= 0.6 is 0 Å². The number of carbonyl (C=O) groups is 1. The molecule has 1 amide bonds. The summed E-state index contributed by atoms with van der Waals surface area (Å²) in [7, 11) is -3.71.